The standard InChI is InChI=1S/C19H19FN4OS.C2HF3O2/c1-11-24-13(10-26-11)9-25-19-14(12-3-2-4-12)5-6-15(18(19)20)16-7-23-17(21)8-22-16;3-2(4,5)1(6)7/h5-8,10,12H,2-4,9H2,1H3,(H2,21,23);(H,6,7). The highest BCUT2D eigenvalue weighted by molar-refractivity contribution is 7.09. The van der Waals surface area contributed by atoms with E-state index in [-0.39, 0.29) is 6.61 Å². The average Bonchev–Trinajstić information content (AvgIpc) is 3.12. The maximum Gasteiger partial charge on any atom is 0.490 e. The molecule has 1 saturated carbocycles. The van der Waals surface area contributed by atoms with E-state index in [9.17, 15) is 13.2 Å². The van der Waals surface area contributed by atoms with Crippen LogP contribution in [0.3, 0.4) is 0 Å². The van der Waals surface area contributed by atoms with Crippen LogP contribution in [0.2, 0.25) is 0 Å². The molecule has 4 rings (SSSR count). The van der Waals surface area contributed by atoms with E-state index in [0.717, 1.165) is 29.1 Å². The fourth-order valence-corrected chi connectivity index (χ4v) is 3.65. The number of carbonyl (C=O) groups is 1. The van der Waals surface area contributed by atoms with E-state index in [1.165, 1.54) is 18.8 Å². The molecule has 33 heavy (non-hydrogen) atoms. The van der Waals surface area contributed by atoms with Gasteiger partial charge in [0.15, 0.2) is 11.6 Å². The van der Waals surface area contributed by atoms with Crippen molar-refractivity contribution < 1.29 is 32.2 Å². The van der Waals surface area contributed by atoms with Crippen molar-refractivity contribution in [3.05, 3.63) is 52.0 Å². The van der Waals surface area contributed by atoms with E-state index in [2.05, 4.69) is 15.0 Å². The van der Waals surface area contributed by atoms with Crippen LogP contribution in [0.1, 0.15) is 41.4 Å². The van der Waals surface area contributed by atoms with E-state index in [0.29, 0.717) is 28.7 Å². The molecule has 2 heterocycles. The number of ether oxygens (including phenoxy) is 1. The monoisotopic (exact) mass is 484 g/mol. The number of carboxylic acids is 1. The number of rotatable bonds is 5. The van der Waals surface area contributed by atoms with Gasteiger partial charge in [-0.2, -0.15) is 13.2 Å². The number of hydrogen-bond acceptors (Lipinski definition) is 7. The molecule has 1 aliphatic carbocycles. The number of benzene rings is 1. The van der Waals surface area contributed by atoms with Crippen LogP contribution >= 0.6 is 11.3 Å². The Morgan fingerprint density at radius 1 is 1.27 bits per heavy atom. The molecule has 0 unspecified atom stereocenters. The van der Waals surface area contributed by atoms with Gasteiger partial charge in [0.2, 0.25) is 0 Å². The van der Waals surface area contributed by atoms with Crippen molar-refractivity contribution in [1.29, 1.82) is 0 Å². The number of thiazole rings is 1. The maximum absolute atomic E-state index is 15.3. The number of nitrogens with two attached hydrogens (primary N) is 1. The maximum atomic E-state index is 15.3. The van der Waals surface area contributed by atoms with Crippen LogP contribution in [0.25, 0.3) is 11.3 Å². The highest BCUT2D eigenvalue weighted by atomic mass is 32.1. The van der Waals surface area contributed by atoms with Crippen molar-refractivity contribution in [2.75, 3.05) is 5.73 Å². The number of aryl methyl sites for hydroxylation is 1. The van der Waals surface area contributed by atoms with Gasteiger partial charge in [-0.3, -0.25) is 4.98 Å². The molecule has 12 heteroatoms. The SMILES string of the molecule is Cc1nc(COc2c(C3CCC3)ccc(-c3cnc(N)cn3)c2F)cs1.O=C(O)C(F)(F)F. The summed E-state index contributed by atoms with van der Waals surface area (Å²) in [4.78, 5) is 21.5. The Morgan fingerprint density at radius 3 is 2.45 bits per heavy atom. The fraction of sp³-hybridized carbons (Fsp3) is 0.333. The lowest BCUT2D eigenvalue weighted by Crippen LogP contribution is -2.21. The lowest BCUT2D eigenvalue weighted by Gasteiger charge is -2.28. The number of nitrogens with zero attached hydrogens (tertiary/aromatic N) is 3. The molecule has 0 amide bonds. The smallest absolute Gasteiger partial charge is 0.484 e. The van der Waals surface area contributed by atoms with E-state index < -0.39 is 18.0 Å². The third-order valence-electron chi connectivity index (χ3n) is 4.89. The Balaban J connectivity index is 0.000000383. The number of aromatic nitrogens is 3. The average molecular weight is 484 g/mol. The Kier molecular flexibility index (Phi) is 7.46. The molecule has 7 nitrogen and oxygen atoms in total. The van der Waals surface area contributed by atoms with Crippen molar-refractivity contribution >= 4 is 23.1 Å². The number of anilines is 1. The van der Waals surface area contributed by atoms with E-state index in [1.54, 1.807) is 17.4 Å². The number of carboxylic acid groups (broad SMARTS) is 1. The normalized spacial score (nSPS) is 13.6. The Morgan fingerprint density at radius 2 is 1.97 bits per heavy atom. The summed E-state index contributed by atoms with van der Waals surface area (Å²) < 4.78 is 52.9. The molecule has 3 aromatic rings. The summed E-state index contributed by atoms with van der Waals surface area (Å²) in [5.74, 6) is -2.21. The minimum absolute atomic E-state index is 0.248. The van der Waals surface area contributed by atoms with Crippen LogP contribution in [0.15, 0.2) is 29.9 Å². The van der Waals surface area contributed by atoms with Gasteiger partial charge in [0.25, 0.3) is 0 Å². The van der Waals surface area contributed by atoms with Crippen LogP contribution < -0.4 is 10.5 Å². The van der Waals surface area contributed by atoms with Crippen LogP contribution in [0.4, 0.5) is 23.4 Å². The van der Waals surface area contributed by atoms with Gasteiger partial charge >= 0.3 is 12.1 Å². The summed E-state index contributed by atoms with van der Waals surface area (Å²) in [7, 11) is 0. The molecular formula is C21H20F4N4O3S. The minimum atomic E-state index is -5.08. The lowest BCUT2D eigenvalue weighted by atomic mass is 9.79. The number of hydrogen-bond donors (Lipinski definition) is 2. The zero-order valence-corrected chi connectivity index (χ0v) is 18.2. The molecular weight excluding hydrogens is 464 g/mol. The van der Waals surface area contributed by atoms with Crippen LogP contribution in [0.5, 0.6) is 5.75 Å². The molecule has 0 radical (unpaired) electrons. The molecule has 1 fully saturated rings. The first kappa shape index (κ1) is 24.4. The molecule has 1 aromatic carbocycles. The summed E-state index contributed by atoms with van der Waals surface area (Å²) in [5, 5.41) is 10.0. The van der Waals surface area contributed by atoms with Gasteiger partial charge in [0.05, 0.1) is 28.8 Å². The Hall–Kier alpha value is -3.28. The van der Waals surface area contributed by atoms with Crippen molar-refractivity contribution in [2.45, 2.75) is 44.9 Å². The quantitative estimate of drug-likeness (QED) is 0.484. The molecule has 1 aliphatic rings. The summed E-state index contributed by atoms with van der Waals surface area (Å²) in [6, 6.07) is 3.70. The van der Waals surface area contributed by atoms with Gasteiger partial charge in [-0.25, -0.2) is 19.2 Å². The first-order chi connectivity index (χ1) is 15.6. The zero-order chi connectivity index (χ0) is 24.2. The second-order valence-electron chi connectivity index (χ2n) is 7.25. The summed E-state index contributed by atoms with van der Waals surface area (Å²) in [6.45, 7) is 2.19. The van der Waals surface area contributed by atoms with Gasteiger partial charge in [0, 0.05) is 16.5 Å². The Bertz CT molecular complexity index is 1120. The third kappa shape index (κ3) is 6.15. The predicted molar refractivity (Wildman–Crippen MR) is 113 cm³/mol. The number of aliphatic carboxylic acids is 1. The molecule has 2 aromatic heterocycles. The van der Waals surface area contributed by atoms with E-state index in [4.69, 9.17) is 20.4 Å². The minimum Gasteiger partial charge on any atom is -0.484 e. The van der Waals surface area contributed by atoms with Gasteiger partial charge in [-0.1, -0.05) is 12.5 Å². The van der Waals surface area contributed by atoms with Crippen molar-refractivity contribution in [1.82, 2.24) is 15.0 Å². The van der Waals surface area contributed by atoms with Gasteiger partial charge in [-0.15, -0.1) is 11.3 Å². The van der Waals surface area contributed by atoms with E-state index >= 15 is 4.39 Å². The first-order valence-corrected chi connectivity index (χ1v) is 10.7. The van der Waals surface area contributed by atoms with Gasteiger partial charge in [-0.05, 0) is 31.7 Å². The highest BCUT2D eigenvalue weighted by Crippen LogP contribution is 2.44. The third-order valence-corrected chi connectivity index (χ3v) is 5.72. The second-order valence-corrected chi connectivity index (χ2v) is 8.31. The van der Waals surface area contributed by atoms with Crippen molar-refractivity contribution in [2.24, 2.45) is 0 Å². The number of alkyl halides is 3. The topological polar surface area (TPSA) is 111 Å². The number of halogens is 4. The first-order valence-electron chi connectivity index (χ1n) is 9.80. The molecule has 0 spiro atoms. The van der Waals surface area contributed by atoms with Crippen LogP contribution in [0, 0.1) is 12.7 Å². The van der Waals surface area contributed by atoms with Crippen LogP contribution in [-0.2, 0) is 11.4 Å². The summed E-state index contributed by atoms with van der Waals surface area (Å²) >= 11 is 1.56. The van der Waals surface area contributed by atoms with Crippen molar-refractivity contribution in [3.8, 4) is 17.0 Å². The zero-order valence-electron chi connectivity index (χ0n) is 17.4. The second kappa shape index (κ2) is 10.1. The molecule has 0 saturated heterocycles. The van der Waals surface area contributed by atoms with Gasteiger partial charge in [0.1, 0.15) is 12.4 Å². The summed E-state index contributed by atoms with van der Waals surface area (Å²) in [6.07, 6.45) is 1.11. The predicted octanol–water partition coefficient (Wildman–Crippen LogP) is 5.11. The number of nitrogen functional groups attached to an aromatic ring is 1. The Labute approximate surface area is 190 Å². The highest BCUT2D eigenvalue weighted by Gasteiger charge is 2.38. The molecule has 0 atom stereocenters. The van der Waals surface area contributed by atoms with E-state index in [1.807, 2.05) is 18.4 Å². The molecule has 3 N–H and O–H groups in total. The van der Waals surface area contributed by atoms with Crippen molar-refractivity contribution in [3.63, 3.8) is 0 Å². The van der Waals surface area contributed by atoms with Crippen LogP contribution in [-0.4, -0.2) is 32.2 Å². The van der Waals surface area contributed by atoms with Gasteiger partial charge < -0.3 is 15.6 Å². The largest absolute Gasteiger partial charge is 0.490 e. The molecule has 0 aliphatic heterocycles. The fourth-order valence-electron chi connectivity index (χ4n) is 3.05. The summed E-state index contributed by atoms with van der Waals surface area (Å²) in [5.41, 5.74) is 8.11. The molecule has 0 bridgehead atoms. The lowest BCUT2D eigenvalue weighted by molar-refractivity contribution is -0.192. The molecule has 176 valence electrons.